The highest BCUT2D eigenvalue weighted by molar-refractivity contribution is 7.05. The maximum atomic E-state index is 12.1. The van der Waals surface area contributed by atoms with Crippen LogP contribution in [0.5, 0.6) is 0 Å². The van der Waals surface area contributed by atoms with Crippen LogP contribution in [-0.4, -0.2) is 25.3 Å². The van der Waals surface area contributed by atoms with Gasteiger partial charge in [-0.3, -0.25) is 9.48 Å². The first-order valence-electron chi connectivity index (χ1n) is 6.07. The summed E-state index contributed by atoms with van der Waals surface area (Å²) >= 11 is 1.22. The largest absolute Gasteiger partial charge is 0.317 e. The van der Waals surface area contributed by atoms with Crippen LogP contribution >= 0.6 is 11.5 Å². The molecule has 102 valence electrons. The lowest BCUT2D eigenvalue weighted by Crippen LogP contribution is -2.15. The van der Waals surface area contributed by atoms with Crippen molar-refractivity contribution in [2.45, 2.75) is 40.7 Å². The summed E-state index contributed by atoms with van der Waals surface area (Å²) in [5.74, 6) is -0.235. The number of aromatic nitrogens is 4. The van der Waals surface area contributed by atoms with E-state index in [0.29, 0.717) is 5.69 Å². The molecule has 2 aromatic heterocycles. The topological polar surface area (TPSA) is 72.7 Å². The van der Waals surface area contributed by atoms with Crippen LogP contribution in [0.3, 0.4) is 0 Å². The Morgan fingerprint density at radius 3 is 2.47 bits per heavy atom. The number of nitrogens with one attached hydrogen (secondary N) is 1. The summed E-state index contributed by atoms with van der Waals surface area (Å²) in [6.45, 7) is 9.77. The second kappa shape index (κ2) is 5.08. The molecule has 0 fully saturated rings. The van der Waals surface area contributed by atoms with E-state index in [-0.39, 0.29) is 11.9 Å². The molecule has 0 radical (unpaired) electrons. The fourth-order valence-corrected chi connectivity index (χ4v) is 2.43. The molecule has 0 aliphatic carbocycles. The van der Waals surface area contributed by atoms with Crippen molar-refractivity contribution in [3.63, 3.8) is 0 Å². The SMILES string of the molecule is Cc1nn(C(C)C)c(C)c1NC(=O)c1nnsc1C. The molecule has 0 aliphatic heterocycles. The Labute approximate surface area is 116 Å². The number of hydrogen-bond donors (Lipinski definition) is 1. The van der Waals surface area contributed by atoms with Crippen molar-refractivity contribution >= 4 is 23.1 Å². The van der Waals surface area contributed by atoms with Crippen molar-refractivity contribution in [1.29, 1.82) is 0 Å². The van der Waals surface area contributed by atoms with E-state index < -0.39 is 0 Å². The second-order valence-electron chi connectivity index (χ2n) is 4.72. The average Bonchev–Trinajstić information content (AvgIpc) is 2.87. The molecule has 2 aromatic rings. The first-order valence-corrected chi connectivity index (χ1v) is 6.85. The van der Waals surface area contributed by atoms with Gasteiger partial charge >= 0.3 is 0 Å². The molecule has 6 nitrogen and oxygen atoms in total. The zero-order chi connectivity index (χ0) is 14.2. The molecule has 0 bridgehead atoms. The van der Waals surface area contributed by atoms with Gasteiger partial charge in [-0.1, -0.05) is 4.49 Å². The molecule has 0 atom stereocenters. The van der Waals surface area contributed by atoms with Gasteiger partial charge in [-0.15, -0.1) is 5.10 Å². The van der Waals surface area contributed by atoms with Crippen molar-refractivity contribution < 1.29 is 4.79 Å². The van der Waals surface area contributed by atoms with E-state index in [4.69, 9.17) is 0 Å². The number of hydrogen-bond acceptors (Lipinski definition) is 5. The molecular weight excluding hydrogens is 262 g/mol. The van der Waals surface area contributed by atoms with Gasteiger partial charge in [-0.25, -0.2) is 0 Å². The van der Waals surface area contributed by atoms with Gasteiger partial charge < -0.3 is 5.32 Å². The molecular formula is C12H17N5OS. The fourth-order valence-electron chi connectivity index (χ4n) is 1.96. The van der Waals surface area contributed by atoms with E-state index >= 15 is 0 Å². The zero-order valence-corrected chi connectivity index (χ0v) is 12.5. The van der Waals surface area contributed by atoms with E-state index in [1.807, 2.05) is 25.5 Å². The molecule has 0 aromatic carbocycles. The summed E-state index contributed by atoms with van der Waals surface area (Å²) in [6.07, 6.45) is 0. The van der Waals surface area contributed by atoms with Crippen molar-refractivity contribution in [3.05, 3.63) is 22.0 Å². The van der Waals surface area contributed by atoms with E-state index in [1.54, 1.807) is 0 Å². The van der Waals surface area contributed by atoms with Gasteiger partial charge in [0.2, 0.25) is 0 Å². The summed E-state index contributed by atoms with van der Waals surface area (Å²) in [5, 5.41) is 11.2. The second-order valence-corrected chi connectivity index (χ2v) is 5.67. The van der Waals surface area contributed by atoms with Crippen molar-refractivity contribution in [2.75, 3.05) is 5.32 Å². The summed E-state index contributed by atoms with van der Waals surface area (Å²) < 4.78 is 5.67. The van der Waals surface area contributed by atoms with Crippen molar-refractivity contribution in [3.8, 4) is 0 Å². The Morgan fingerprint density at radius 1 is 1.32 bits per heavy atom. The lowest BCUT2D eigenvalue weighted by Gasteiger charge is -2.09. The Balaban J connectivity index is 2.30. The molecule has 0 unspecified atom stereocenters. The molecule has 19 heavy (non-hydrogen) atoms. The average molecular weight is 279 g/mol. The third-order valence-corrected chi connectivity index (χ3v) is 3.55. The minimum atomic E-state index is -0.235. The maximum absolute atomic E-state index is 12.1. The van der Waals surface area contributed by atoms with Gasteiger partial charge in [0.15, 0.2) is 5.69 Å². The Hall–Kier alpha value is -1.76. The molecule has 2 rings (SSSR count). The quantitative estimate of drug-likeness (QED) is 0.937. The standard InChI is InChI=1S/C12H17N5OS/c1-6(2)17-8(4)10(7(3)15-17)13-12(18)11-9(5)19-16-14-11/h6H,1-5H3,(H,13,18). The highest BCUT2D eigenvalue weighted by atomic mass is 32.1. The van der Waals surface area contributed by atoms with Crippen LogP contribution < -0.4 is 5.32 Å². The third-order valence-electron chi connectivity index (χ3n) is 2.92. The minimum absolute atomic E-state index is 0.235. The van der Waals surface area contributed by atoms with Gasteiger partial charge in [0.1, 0.15) is 0 Å². The highest BCUT2D eigenvalue weighted by Crippen LogP contribution is 2.23. The number of rotatable bonds is 3. The number of carbonyl (C=O) groups excluding carboxylic acids is 1. The van der Waals surface area contributed by atoms with Crippen molar-refractivity contribution in [2.24, 2.45) is 0 Å². The maximum Gasteiger partial charge on any atom is 0.277 e. The first kappa shape index (κ1) is 13.7. The number of amides is 1. The Morgan fingerprint density at radius 2 is 2.00 bits per heavy atom. The third kappa shape index (κ3) is 2.51. The van der Waals surface area contributed by atoms with E-state index in [9.17, 15) is 4.79 Å². The highest BCUT2D eigenvalue weighted by Gasteiger charge is 2.19. The predicted molar refractivity (Wildman–Crippen MR) is 74.7 cm³/mol. The van der Waals surface area contributed by atoms with Crippen LogP contribution in [0.25, 0.3) is 0 Å². The zero-order valence-electron chi connectivity index (χ0n) is 11.7. The fraction of sp³-hybridized carbons (Fsp3) is 0.500. The number of nitrogens with zero attached hydrogens (tertiary/aromatic N) is 4. The van der Waals surface area contributed by atoms with Crippen LogP contribution in [0.4, 0.5) is 5.69 Å². The van der Waals surface area contributed by atoms with E-state index in [1.165, 1.54) is 11.5 Å². The molecule has 2 heterocycles. The lowest BCUT2D eigenvalue weighted by molar-refractivity contribution is 0.102. The predicted octanol–water partition coefficient (Wildman–Crippen LogP) is 2.49. The summed E-state index contributed by atoms with van der Waals surface area (Å²) in [5.41, 5.74) is 2.88. The van der Waals surface area contributed by atoms with Gasteiger partial charge in [-0.05, 0) is 46.2 Å². The number of carbonyl (C=O) groups is 1. The van der Waals surface area contributed by atoms with Gasteiger partial charge in [0.05, 0.1) is 22.0 Å². The van der Waals surface area contributed by atoms with E-state index in [2.05, 4.69) is 33.8 Å². The minimum Gasteiger partial charge on any atom is -0.317 e. The summed E-state index contributed by atoms with van der Waals surface area (Å²) in [7, 11) is 0. The Kier molecular flexibility index (Phi) is 3.66. The summed E-state index contributed by atoms with van der Waals surface area (Å²) in [4.78, 5) is 12.9. The number of aryl methyl sites for hydroxylation is 2. The van der Waals surface area contributed by atoms with Crippen LogP contribution in [0.1, 0.15) is 46.6 Å². The van der Waals surface area contributed by atoms with Crippen LogP contribution in [0.2, 0.25) is 0 Å². The number of anilines is 1. The molecule has 0 saturated heterocycles. The smallest absolute Gasteiger partial charge is 0.277 e. The van der Waals surface area contributed by atoms with E-state index in [0.717, 1.165) is 22.0 Å². The molecule has 0 spiro atoms. The summed E-state index contributed by atoms with van der Waals surface area (Å²) in [6, 6.07) is 0.257. The molecule has 0 aliphatic rings. The van der Waals surface area contributed by atoms with Crippen molar-refractivity contribution in [1.82, 2.24) is 19.4 Å². The van der Waals surface area contributed by atoms with Crippen LogP contribution in [0, 0.1) is 20.8 Å². The van der Waals surface area contributed by atoms with Gasteiger partial charge in [0.25, 0.3) is 5.91 Å². The lowest BCUT2D eigenvalue weighted by atomic mass is 10.2. The first-order chi connectivity index (χ1) is 8.91. The monoisotopic (exact) mass is 279 g/mol. The van der Waals surface area contributed by atoms with Gasteiger partial charge in [0, 0.05) is 6.04 Å². The molecule has 7 heteroatoms. The normalized spacial score (nSPS) is 11.1. The van der Waals surface area contributed by atoms with Crippen LogP contribution in [0.15, 0.2) is 0 Å². The van der Waals surface area contributed by atoms with Gasteiger partial charge in [-0.2, -0.15) is 5.10 Å². The molecule has 1 amide bonds. The molecule has 0 saturated carbocycles. The Bertz CT molecular complexity index is 614. The van der Waals surface area contributed by atoms with Crippen LogP contribution in [-0.2, 0) is 0 Å². The molecule has 1 N–H and O–H groups in total.